The van der Waals surface area contributed by atoms with E-state index >= 15 is 0 Å². The zero-order chi connectivity index (χ0) is 14.2. The smallest absolute Gasteiger partial charge is 0.223 e. The molecule has 0 bridgehead atoms. The van der Waals surface area contributed by atoms with Crippen molar-refractivity contribution >= 4 is 5.91 Å². The number of nitrogens with one attached hydrogen (secondary N) is 1. The maximum atomic E-state index is 12.0. The van der Waals surface area contributed by atoms with Gasteiger partial charge in [-0.05, 0) is 37.0 Å². The molecule has 1 saturated heterocycles. The average molecular weight is 276 g/mol. The van der Waals surface area contributed by atoms with Crippen molar-refractivity contribution in [2.24, 2.45) is 0 Å². The molecule has 0 saturated carbocycles. The molecule has 0 aliphatic carbocycles. The molecule has 1 aromatic rings. The van der Waals surface area contributed by atoms with Gasteiger partial charge in [0.05, 0.1) is 7.11 Å². The van der Waals surface area contributed by atoms with Gasteiger partial charge in [-0.3, -0.25) is 4.79 Å². The SMILES string of the molecule is COc1ccc(CNCCC(=O)N2CCCCC2)cc1. The Morgan fingerprint density at radius 3 is 2.55 bits per heavy atom. The highest BCUT2D eigenvalue weighted by molar-refractivity contribution is 5.76. The molecule has 0 atom stereocenters. The Morgan fingerprint density at radius 1 is 1.20 bits per heavy atom. The van der Waals surface area contributed by atoms with Crippen molar-refractivity contribution in [3.8, 4) is 5.75 Å². The number of ether oxygens (including phenoxy) is 1. The molecule has 20 heavy (non-hydrogen) atoms. The number of hydrogen-bond donors (Lipinski definition) is 1. The monoisotopic (exact) mass is 276 g/mol. The van der Waals surface area contributed by atoms with Crippen molar-refractivity contribution in [3.05, 3.63) is 29.8 Å². The van der Waals surface area contributed by atoms with Crippen LogP contribution in [0.1, 0.15) is 31.2 Å². The second kappa shape index (κ2) is 7.90. The van der Waals surface area contributed by atoms with E-state index in [1.807, 2.05) is 29.2 Å². The van der Waals surface area contributed by atoms with Gasteiger partial charge in [0.1, 0.15) is 5.75 Å². The van der Waals surface area contributed by atoms with Gasteiger partial charge in [-0.1, -0.05) is 12.1 Å². The molecular formula is C16H24N2O2. The molecule has 1 amide bonds. The van der Waals surface area contributed by atoms with Crippen molar-refractivity contribution in [2.45, 2.75) is 32.2 Å². The van der Waals surface area contributed by atoms with Crippen LogP contribution >= 0.6 is 0 Å². The first-order valence-corrected chi connectivity index (χ1v) is 7.41. The van der Waals surface area contributed by atoms with E-state index in [0.717, 1.165) is 44.8 Å². The summed E-state index contributed by atoms with van der Waals surface area (Å²) >= 11 is 0. The molecule has 1 aliphatic heterocycles. The number of benzene rings is 1. The Kier molecular flexibility index (Phi) is 5.87. The number of likely N-dealkylation sites (tertiary alicyclic amines) is 1. The van der Waals surface area contributed by atoms with Crippen molar-refractivity contribution in [1.82, 2.24) is 10.2 Å². The van der Waals surface area contributed by atoms with Crippen LogP contribution in [0.4, 0.5) is 0 Å². The lowest BCUT2D eigenvalue weighted by Gasteiger charge is -2.26. The van der Waals surface area contributed by atoms with E-state index in [2.05, 4.69) is 5.32 Å². The summed E-state index contributed by atoms with van der Waals surface area (Å²) in [6, 6.07) is 7.99. The molecule has 1 N–H and O–H groups in total. The Bertz CT molecular complexity index is 411. The standard InChI is InChI=1S/C16H24N2O2/c1-20-15-7-5-14(6-8-15)13-17-10-9-16(19)18-11-3-2-4-12-18/h5-8,17H,2-4,9-13H2,1H3. The maximum absolute atomic E-state index is 12.0. The topological polar surface area (TPSA) is 41.6 Å². The minimum atomic E-state index is 0.284. The van der Waals surface area contributed by atoms with Crippen LogP contribution in [0.3, 0.4) is 0 Å². The molecule has 0 aromatic heterocycles. The minimum absolute atomic E-state index is 0.284. The summed E-state index contributed by atoms with van der Waals surface area (Å²) in [5.41, 5.74) is 1.20. The van der Waals surface area contributed by atoms with Crippen LogP contribution in [-0.2, 0) is 11.3 Å². The van der Waals surface area contributed by atoms with Gasteiger partial charge >= 0.3 is 0 Å². The third-order valence-electron chi connectivity index (χ3n) is 3.71. The molecule has 2 rings (SSSR count). The van der Waals surface area contributed by atoms with E-state index in [4.69, 9.17) is 4.74 Å². The number of amides is 1. The van der Waals surface area contributed by atoms with Gasteiger partial charge in [-0.15, -0.1) is 0 Å². The van der Waals surface area contributed by atoms with Crippen LogP contribution < -0.4 is 10.1 Å². The van der Waals surface area contributed by atoms with Gasteiger partial charge in [-0.25, -0.2) is 0 Å². The number of nitrogens with zero attached hydrogens (tertiary/aromatic N) is 1. The fraction of sp³-hybridized carbons (Fsp3) is 0.562. The van der Waals surface area contributed by atoms with Crippen molar-refractivity contribution < 1.29 is 9.53 Å². The van der Waals surface area contributed by atoms with E-state index in [-0.39, 0.29) is 5.91 Å². The van der Waals surface area contributed by atoms with Crippen LogP contribution in [0, 0.1) is 0 Å². The van der Waals surface area contributed by atoms with E-state index in [1.165, 1.54) is 12.0 Å². The number of piperidine rings is 1. The Balaban J connectivity index is 1.64. The summed E-state index contributed by atoms with van der Waals surface area (Å²) in [5, 5.41) is 3.32. The average Bonchev–Trinajstić information content (AvgIpc) is 2.53. The lowest BCUT2D eigenvalue weighted by molar-refractivity contribution is -0.131. The van der Waals surface area contributed by atoms with E-state index in [9.17, 15) is 4.79 Å². The van der Waals surface area contributed by atoms with E-state index in [0.29, 0.717) is 6.42 Å². The molecular weight excluding hydrogens is 252 g/mol. The van der Waals surface area contributed by atoms with E-state index < -0.39 is 0 Å². The van der Waals surface area contributed by atoms with Crippen LogP contribution in [0.5, 0.6) is 5.75 Å². The predicted octanol–water partition coefficient (Wildman–Crippen LogP) is 2.19. The fourth-order valence-corrected chi connectivity index (χ4v) is 2.47. The largest absolute Gasteiger partial charge is 0.497 e. The number of hydrogen-bond acceptors (Lipinski definition) is 3. The zero-order valence-electron chi connectivity index (χ0n) is 12.2. The van der Waals surface area contributed by atoms with Crippen molar-refractivity contribution in [3.63, 3.8) is 0 Å². The predicted molar refractivity (Wildman–Crippen MR) is 79.7 cm³/mol. The molecule has 0 spiro atoms. The molecule has 4 heteroatoms. The molecule has 1 heterocycles. The Hall–Kier alpha value is -1.55. The third kappa shape index (κ3) is 4.53. The minimum Gasteiger partial charge on any atom is -0.497 e. The Labute approximate surface area is 121 Å². The fourth-order valence-electron chi connectivity index (χ4n) is 2.47. The second-order valence-corrected chi connectivity index (χ2v) is 5.22. The molecule has 1 aliphatic rings. The first-order chi connectivity index (χ1) is 9.79. The van der Waals surface area contributed by atoms with Gasteiger partial charge in [0.2, 0.25) is 5.91 Å². The summed E-state index contributed by atoms with van der Waals surface area (Å²) in [6.45, 7) is 3.41. The first kappa shape index (κ1) is 14.9. The summed E-state index contributed by atoms with van der Waals surface area (Å²) in [4.78, 5) is 14.0. The summed E-state index contributed by atoms with van der Waals surface area (Å²) in [5.74, 6) is 1.15. The highest BCUT2D eigenvalue weighted by Crippen LogP contribution is 2.11. The summed E-state index contributed by atoms with van der Waals surface area (Å²) < 4.78 is 5.12. The number of carbonyl (C=O) groups is 1. The third-order valence-corrected chi connectivity index (χ3v) is 3.71. The van der Waals surface area contributed by atoms with Crippen LogP contribution in [0.2, 0.25) is 0 Å². The quantitative estimate of drug-likeness (QED) is 0.810. The highest BCUT2D eigenvalue weighted by atomic mass is 16.5. The van der Waals surface area contributed by atoms with Gasteiger partial charge in [0.25, 0.3) is 0 Å². The van der Waals surface area contributed by atoms with Gasteiger partial charge in [-0.2, -0.15) is 0 Å². The summed E-state index contributed by atoms with van der Waals surface area (Å²) in [7, 11) is 1.67. The molecule has 4 nitrogen and oxygen atoms in total. The van der Waals surface area contributed by atoms with E-state index in [1.54, 1.807) is 7.11 Å². The van der Waals surface area contributed by atoms with Gasteiger partial charge in [0.15, 0.2) is 0 Å². The maximum Gasteiger partial charge on any atom is 0.223 e. The lowest BCUT2D eigenvalue weighted by Crippen LogP contribution is -2.37. The Morgan fingerprint density at radius 2 is 1.90 bits per heavy atom. The van der Waals surface area contributed by atoms with Crippen LogP contribution in [-0.4, -0.2) is 37.6 Å². The van der Waals surface area contributed by atoms with Gasteiger partial charge in [0, 0.05) is 32.6 Å². The zero-order valence-corrected chi connectivity index (χ0v) is 12.2. The second-order valence-electron chi connectivity index (χ2n) is 5.22. The normalized spacial score (nSPS) is 15.2. The number of carbonyl (C=O) groups excluding carboxylic acids is 1. The molecule has 1 aromatic carbocycles. The molecule has 110 valence electrons. The molecule has 1 fully saturated rings. The molecule has 0 unspecified atom stereocenters. The first-order valence-electron chi connectivity index (χ1n) is 7.41. The highest BCUT2D eigenvalue weighted by Gasteiger charge is 2.15. The summed E-state index contributed by atoms with van der Waals surface area (Å²) in [6.07, 6.45) is 4.17. The van der Waals surface area contributed by atoms with Crippen molar-refractivity contribution in [2.75, 3.05) is 26.7 Å². The van der Waals surface area contributed by atoms with Gasteiger partial charge < -0.3 is 15.0 Å². The lowest BCUT2D eigenvalue weighted by atomic mass is 10.1. The van der Waals surface area contributed by atoms with Crippen LogP contribution in [0.15, 0.2) is 24.3 Å². The number of rotatable bonds is 6. The van der Waals surface area contributed by atoms with Crippen LogP contribution in [0.25, 0.3) is 0 Å². The number of methoxy groups -OCH3 is 1. The molecule has 0 radical (unpaired) electrons. The van der Waals surface area contributed by atoms with Crippen molar-refractivity contribution in [1.29, 1.82) is 0 Å².